The molecule has 2 atom stereocenters. The number of alkyl halides is 2. The molecule has 0 fully saturated rings. The van der Waals surface area contributed by atoms with Crippen LogP contribution >= 0.6 is 0 Å². The van der Waals surface area contributed by atoms with Gasteiger partial charge < -0.3 is 9.84 Å². The number of benzene rings is 1. The van der Waals surface area contributed by atoms with E-state index in [2.05, 4.69) is 0 Å². The summed E-state index contributed by atoms with van der Waals surface area (Å²) in [4.78, 5) is -0.725. The smallest absolute Gasteiger partial charge is 0.378 e. The molecule has 0 aromatic heterocycles. The number of sulfone groups is 1. The molecule has 1 aliphatic carbocycles. The second-order valence-electron chi connectivity index (χ2n) is 5.97. The van der Waals surface area contributed by atoms with E-state index in [0.717, 1.165) is 12.1 Å². The summed E-state index contributed by atoms with van der Waals surface area (Å²) in [6.07, 6.45) is -3.17. The van der Waals surface area contributed by atoms with Crippen molar-refractivity contribution in [1.29, 1.82) is 5.26 Å². The fourth-order valence-corrected chi connectivity index (χ4v) is 4.72. The summed E-state index contributed by atoms with van der Waals surface area (Å²) in [6, 6.07) is 3.79. The van der Waals surface area contributed by atoms with E-state index in [1.807, 2.05) is 0 Å². The van der Waals surface area contributed by atoms with Crippen LogP contribution in [0.4, 0.5) is 17.6 Å². The van der Waals surface area contributed by atoms with Crippen molar-refractivity contribution in [1.82, 2.24) is 0 Å². The van der Waals surface area contributed by atoms with Gasteiger partial charge in [-0.25, -0.2) is 17.2 Å². The first kappa shape index (κ1) is 18.4. The first-order chi connectivity index (χ1) is 12.0. The van der Waals surface area contributed by atoms with E-state index in [1.165, 1.54) is 6.92 Å². The van der Waals surface area contributed by atoms with Crippen LogP contribution < -0.4 is 4.74 Å². The van der Waals surface area contributed by atoms with Crippen molar-refractivity contribution in [3.05, 3.63) is 51.6 Å². The Morgan fingerprint density at radius 1 is 1.27 bits per heavy atom. The summed E-state index contributed by atoms with van der Waals surface area (Å²) in [5, 5.41) is 14.7. The predicted molar refractivity (Wildman–Crippen MR) is 80.3 cm³/mol. The summed E-state index contributed by atoms with van der Waals surface area (Å²) in [5.41, 5.74) is -1.32. The van der Waals surface area contributed by atoms with Gasteiger partial charge in [0.2, 0.25) is 9.84 Å². The number of hydrogen-bond acceptors (Lipinski definition) is 5. The molecule has 1 aromatic rings. The van der Waals surface area contributed by atoms with E-state index >= 15 is 0 Å². The lowest BCUT2D eigenvalue weighted by Gasteiger charge is -2.24. The molecule has 0 saturated heterocycles. The zero-order valence-electron chi connectivity index (χ0n) is 13.1. The molecule has 138 valence electrons. The SMILES string of the molecule is CC1CC2=C(C(C#N)=C1Oc1cc(F)cc(F)c1)C(O)C(F)(F)S2(=O)=O. The van der Waals surface area contributed by atoms with Gasteiger partial charge in [-0.1, -0.05) is 6.92 Å². The van der Waals surface area contributed by atoms with Crippen LogP contribution in [0.5, 0.6) is 5.75 Å². The minimum Gasteiger partial charge on any atom is -0.460 e. The molecule has 5 nitrogen and oxygen atoms in total. The Kier molecular flexibility index (Phi) is 4.12. The molecule has 0 radical (unpaired) electrons. The lowest BCUT2D eigenvalue weighted by atomic mass is 9.87. The van der Waals surface area contributed by atoms with Gasteiger partial charge in [0.05, 0.1) is 10.5 Å². The Balaban J connectivity index is 2.17. The first-order valence-electron chi connectivity index (χ1n) is 7.32. The van der Waals surface area contributed by atoms with Crippen LogP contribution in [0.1, 0.15) is 13.3 Å². The third-order valence-electron chi connectivity index (χ3n) is 4.21. The fourth-order valence-electron chi connectivity index (χ4n) is 3.00. The Morgan fingerprint density at radius 2 is 1.85 bits per heavy atom. The van der Waals surface area contributed by atoms with Gasteiger partial charge in [-0.15, -0.1) is 0 Å². The van der Waals surface area contributed by atoms with E-state index in [0.29, 0.717) is 6.07 Å². The van der Waals surface area contributed by atoms with E-state index in [9.17, 15) is 36.3 Å². The van der Waals surface area contributed by atoms with Gasteiger partial charge in [0.25, 0.3) is 0 Å². The van der Waals surface area contributed by atoms with Crippen molar-refractivity contribution in [3.8, 4) is 11.8 Å². The number of aliphatic hydroxyl groups excluding tert-OH is 1. The zero-order chi connectivity index (χ0) is 19.4. The number of allylic oxidation sites excluding steroid dienone is 2. The average molecular weight is 389 g/mol. The van der Waals surface area contributed by atoms with E-state index in [1.54, 1.807) is 6.07 Å². The van der Waals surface area contributed by atoms with Crippen LogP contribution in [0.15, 0.2) is 40.0 Å². The number of rotatable bonds is 2. The summed E-state index contributed by atoms with van der Waals surface area (Å²) in [6.45, 7) is 1.41. The summed E-state index contributed by atoms with van der Waals surface area (Å²) >= 11 is 0. The Bertz CT molecular complexity index is 987. The minimum atomic E-state index is -5.12. The highest BCUT2D eigenvalue weighted by atomic mass is 32.2. The molecule has 2 unspecified atom stereocenters. The molecular weight excluding hydrogens is 378 g/mol. The summed E-state index contributed by atoms with van der Waals surface area (Å²) in [5.74, 6) is -3.35. The fraction of sp³-hybridized carbons (Fsp3) is 0.312. The van der Waals surface area contributed by atoms with Crippen molar-refractivity contribution >= 4 is 9.84 Å². The molecule has 1 aliphatic heterocycles. The maximum absolute atomic E-state index is 14.0. The lowest BCUT2D eigenvalue weighted by Crippen LogP contribution is -2.36. The van der Waals surface area contributed by atoms with Gasteiger partial charge in [-0.05, 0) is 6.42 Å². The highest BCUT2D eigenvalue weighted by Crippen LogP contribution is 2.51. The van der Waals surface area contributed by atoms with Gasteiger partial charge in [0.1, 0.15) is 29.2 Å². The zero-order valence-corrected chi connectivity index (χ0v) is 13.9. The molecule has 1 N–H and O–H groups in total. The van der Waals surface area contributed by atoms with E-state index < -0.39 is 61.2 Å². The third kappa shape index (κ3) is 2.50. The summed E-state index contributed by atoms with van der Waals surface area (Å²) in [7, 11) is -5.12. The molecule has 0 saturated carbocycles. The monoisotopic (exact) mass is 389 g/mol. The molecule has 3 rings (SSSR count). The van der Waals surface area contributed by atoms with Crippen LogP contribution in [0.3, 0.4) is 0 Å². The van der Waals surface area contributed by atoms with Crippen LogP contribution in [-0.4, -0.2) is 24.9 Å². The maximum Gasteiger partial charge on any atom is 0.378 e. The largest absolute Gasteiger partial charge is 0.460 e. The highest BCUT2D eigenvalue weighted by Gasteiger charge is 2.63. The van der Waals surface area contributed by atoms with Gasteiger partial charge in [-0.3, -0.25) is 0 Å². The van der Waals surface area contributed by atoms with E-state index in [-0.39, 0.29) is 11.5 Å². The van der Waals surface area contributed by atoms with Crippen molar-refractivity contribution in [2.45, 2.75) is 24.7 Å². The van der Waals surface area contributed by atoms with Crippen LogP contribution in [0.2, 0.25) is 0 Å². The number of ether oxygens (including phenoxy) is 1. The Morgan fingerprint density at radius 3 is 2.38 bits per heavy atom. The first-order valence-corrected chi connectivity index (χ1v) is 8.81. The van der Waals surface area contributed by atoms with Gasteiger partial charge in [0.15, 0.2) is 6.10 Å². The quantitative estimate of drug-likeness (QED) is 0.786. The van der Waals surface area contributed by atoms with Gasteiger partial charge in [0, 0.05) is 29.7 Å². The number of hydrogen-bond donors (Lipinski definition) is 1. The Labute approximate surface area is 145 Å². The van der Waals surface area contributed by atoms with Gasteiger partial charge >= 0.3 is 5.25 Å². The molecule has 10 heteroatoms. The standard InChI is InChI=1S/C16H11F4NO4S/c1-7-2-12-13(15(22)16(19,20)26(12,23)24)11(6-21)14(7)25-10-4-8(17)3-9(18)5-10/h3-5,7,15,22H,2H2,1H3. The minimum absolute atomic E-state index is 0.247. The molecular formula is C16H11F4NO4S. The molecule has 1 heterocycles. The number of aliphatic hydroxyl groups is 1. The number of nitriles is 1. The lowest BCUT2D eigenvalue weighted by molar-refractivity contribution is -0.0153. The average Bonchev–Trinajstić information content (AvgIpc) is 2.65. The normalized spacial score (nSPS) is 26.5. The predicted octanol–water partition coefficient (Wildman–Crippen LogP) is 2.80. The third-order valence-corrected chi connectivity index (χ3v) is 6.18. The van der Waals surface area contributed by atoms with Crippen LogP contribution in [0, 0.1) is 28.9 Å². The number of nitrogens with zero attached hydrogens (tertiary/aromatic N) is 1. The highest BCUT2D eigenvalue weighted by molar-refractivity contribution is 7.96. The Hall–Kier alpha value is -2.38. The topological polar surface area (TPSA) is 87.4 Å². The molecule has 26 heavy (non-hydrogen) atoms. The van der Waals surface area contributed by atoms with Crippen LogP contribution in [-0.2, 0) is 9.84 Å². The van der Waals surface area contributed by atoms with Crippen molar-refractivity contribution < 1.29 is 35.8 Å². The molecule has 0 bridgehead atoms. The molecule has 2 aliphatic rings. The van der Waals surface area contributed by atoms with Crippen molar-refractivity contribution in [2.24, 2.45) is 5.92 Å². The van der Waals surface area contributed by atoms with E-state index in [4.69, 9.17) is 4.74 Å². The van der Waals surface area contributed by atoms with Crippen LogP contribution in [0.25, 0.3) is 0 Å². The van der Waals surface area contributed by atoms with Crippen molar-refractivity contribution in [3.63, 3.8) is 0 Å². The molecule has 0 spiro atoms. The van der Waals surface area contributed by atoms with Crippen molar-refractivity contribution in [2.75, 3.05) is 0 Å². The number of halogens is 4. The molecule has 0 amide bonds. The second-order valence-corrected chi connectivity index (χ2v) is 8.01. The molecule has 1 aromatic carbocycles. The summed E-state index contributed by atoms with van der Waals surface area (Å²) < 4.78 is 83.8. The van der Waals surface area contributed by atoms with Gasteiger partial charge in [-0.2, -0.15) is 14.0 Å². The maximum atomic E-state index is 14.0. The second kappa shape index (κ2) is 5.82.